The average molecular weight is 457 g/mol. The smallest absolute Gasteiger partial charge is 0.267 e. The molecule has 0 spiro atoms. The molecule has 4 rings (SSSR count). The number of anilines is 1. The second-order valence-corrected chi connectivity index (χ2v) is 8.56. The van der Waals surface area contributed by atoms with Crippen molar-refractivity contribution < 1.29 is 13.9 Å². The SMILES string of the molecule is COCCNc1nc2ccc(C)cn2c(=O)c1/C=C1\SC(=S)N(Cc2ccco2)C1=O. The van der Waals surface area contributed by atoms with Crippen LogP contribution in [0, 0.1) is 6.92 Å². The minimum atomic E-state index is -0.275. The number of carbonyl (C=O) groups excluding carboxylic acids is 1. The van der Waals surface area contributed by atoms with E-state index in [1.807, 2.05) is 13.0 Å². The van der Waals surface area contributed by atoms with Gasteiger partial charge in [0.15, 0.2) is 0 Å². The molecule has 1 saturated heterocycles. The average Bonchev–Trinajstić information content (AvgIpc) is 3.35. The number of fused-ring (bicyclic) bond motifs is 1. The van der Waals surface area contributed by atoms with Crippen molar-refractivity contribution in [2.75, 3.05) is 25.6 Å². The molecule has 3 aromatic rings. The zero-order chi connectivity index (χ0) is 22.0. The van der Waals surface area contributed by atoms with E-state index in [-0.39, 0.29) is 23.6 Å². The van der Waals surface area contributed by atoms with Crippen LogP contribution in [0.4, 0.5) is 5.82 Å². The number of carbonyl (C=O) groups is 1. The Kier molecular flexibility index (Phi) is 6.21. The predicted octanol–water partition coefficient (Wildman–Crippen LogP) is 3.06. The number of thiocarbonyl (C=S) groups is 1. The number of nitrogens with one attached hydrogen (secondary N) is 1. The quantitative estimate of drug-likeness (QED) is 0.330. The van der Waals surface area contributed by atoms with Crippen LogP contribution in [-0.4, -0.2) is 44.8 Å². The van der Waals surface area contributed by atoms with Gasteiger partial charge in [0.1, 0.15) is 21.5 Å². The van der Waals surface area contributed by atoms with E-state index in [1.54, 1.807) is 43.8 Å². The van der Waals surface area contributed by atoms with E-state index in [9.17, 15) is 9.59 Å². The van der Waals surface area contributed by atoms with E-state index in [4.69, 9.17) is 21.4 Å². The van der Waals surface area contributed by atoms with Crippen molar-refractivity contribution in [3.8, 4) is 0 Å². The third-order valence-corrected chi connectivity index (χ3v) is 6.03. The molecule has 0 atom stereocenters. The van der Waals surface area contributed by atoms with Crippen molar-refractivity contribution in [2.45, 2.75) is 13.5 Å². The molecular formula is C21H20N4O4S2. The Bertz CT molecular complexity index is 1230. The topological polar surface area (TPSA) is 89.1 Å². The van der Waals surface area contributed by atoms with Gasteiger partial charge in [-0.05, 0) is 36.8 Å². The number of amides is 1. The van der Waals surface area contributed by atoms with Crippen LogP contribution < -0.4 is 10.9 Å². The maximum Gasteiger partial charge on any atom is 0.267 e. The summed E-state index contributed by atoms with van der Waals surface area (Å²) in [6, 6.07) is 7.21. The monoisotopic (exact) mass is 456 g/mol. The van der Waals surface area contributed by atoms with Gasteiger partial charge in [0.05, 0.1) is 29.9 Å². The van der Waals surface area contributed by atoms with Crippen LogP contribution >= 0.6 is 24.0 Å². The molecule has 1 fully saturated rings. The first-order valence-electron chi connectivity index (χ1n) is 9.51. The van der Waals surface area contributed by atoms with E-state index in [1.165, 1.54) is 9.30 Å². The summed E-state index contributed by atoms with van der Waals surface area (Å²) in [6.45, 7) is 3.04. The minimum absolute atomic E-state index is 0.238. The van der Waals surface area contributed by atoms with Gasteiger partial charge in [-0.15, -0.1) is 0 Å². The Labute approximate surface area is 187 Å². The molecule has 10 heteroatoms. The summed E-state index contributed by atoms with van der Waals surface area (Å²) in [5.74, 6) is 0.743. The van der Waals surface area contributed by atoms with Gasteiger partial charge in [0.25, 0.3) is 11.5 Å². The van der Waals surface area contributed by atoms with Crippen LogP contribution in [0.15, 0.2) is 50.8 Å². The van der Waals surface area contributed by atoms with Gasteiger partial charge in [0, 0.05) is 19.9 Å². The molecule has 0 radical (unpaired) electrons. The second-order valence-electron chi connectivity index (χ2n) is 6.88. The molecule has 31 heavy (non-hydrogen) atoms. The van der Waals surface area contributed by atoms with Crippen LogP contribution in [0.3, 0.4) is 0 Å². The third-order valence-electron chi connectivity index (χ3n) is 4.65. The van der Waals surface area contributed by atoms with E-state index in [0.717, 1.165) is 17.3 Å². The standard InChI is InChI=1S/C21H20N4O4S2/c1-13-5-6-17-23-18(22-7-9-28-2)15(19(26)24(17)11-13)10-16-20(27)25(21(30)31-16)12-14-4-3-8-29-14/h3-6,8,10-11,22H,7,9,12H2,1-2H3/b16-10-. The van der Waals surface area contributed by atoms with Gasteiger partial charge in [0.2, 0.25) is 0 Å². The molecule has 8 nitrogen and oxygen atoms in total. The Morgan fingerprint density at radius 1 is 1.32 bits per heavy atom. The zero-order valence-corrected chi connectivity index (χ0v) is 18.6. The Balaban J connectivity index is 1.75. The van der Waals surface area contributed by atoms with Gasteiger partial charge in [-0.25, -0.2) is 4.98 Å². The lowest BCUT2D eigenvalue weighted by molar-refractivity contribution is -0.122. The number of hydrogen-bond donors (Lipinski definition) is 1. The van der Waals surface area contributed by atoms with Gasteiger partial charge in [-0.2, -0.15) is 0 Å². The molecule has 0 bridgehead atoms. The number of aromatic nitrogens is 2. The number of hydrogen-bond acceptors (Lipinski definition) is 8. The Hall–Kier alpha value is -2.95. The van der Waals surface area contributed by atoms with Crippen LogP contribution in [0.5, 0.6) is 0 Å². The van der Waals surface area contributed by atoms with E-state index in [2.05, 4.69) is 10.3 Å². The molecule has 3 aromatic heterocycles. The fourth-order valence-electron chi connectivity index (χ4n) is 3.12. The molecule has 0 aromatic carbocycles. The Morgan fingerprint density at radius 3 is 2.90 bits per heavy atom. The van der Waals surface area contributed by atoms with Gasteiger partial charge < -0.3 is 14.5 Å². The molecule has 160 valence electrons. The van der Waals surface area contributed by atoms with Gasteiger partial charge in [-0.1, -0.05) is 30.0 Å². The van der Waals surface area contributed by atoms with Crippen molar-refractivity contribution >= 4 is 51.7 Å². The Morgan fingerprint density at radius 2 is 2.16 bits per heavy atom. The zero-order valence-electron chi connectivity index (χ0n) is 17.0. The van der Waals surface area contributed by atoms with E-state index >= 15 is 0 Å². The summed E-state index contributed by atoms with van der Waals surface area (Å²) in [5.41, 5.74) is 1.45. The maximum atomic E-state index is 13.3. The van der Waals surface area contributed by atoms with Crippen LogP contribution in [0.25, 0.3) is 11.7 Å². The highest BCUT2D eigenvalue weighted by atomic mass is 32.2. The molecule has 0 unspecified atom stereocenters. The lowest BCUT2D eigenvalue weighted by Gasteiger charge is -2.12. The summed E-state index contributed by atoms with van der Waals surface area (Å²) in [5, 5.41) is 3.13. The number of methoxy groups -OCH3 is 1. The fraction of sp³-hybridized carbons (Fsp3) is 0.238. The largest absolute Gasteiger partial charge is 0.467 e. The highest BCUT2D eigenvalue weighted by molar-refractivity contribution is 8.26. The van der Waals surface area contributed by atoms with Crippen LogP contribution in [0.1, 0.15) is 16.9 Å². The van der Waals surface area contributed by atoms with Gasteiger partial charge in [-0.3, -0.25) is 18.9 Å². The molecule has 1 aliphatic heterocycles. The van der Waals surface area contributed by atoms with Crippen molar-refractivity contribution in [2.24, 2.45) is 0 Å². The molecule has 0 aliphatic carbocycles. The number of nitrogens with zero attached hydrogens (tertiary/aromatic N) is 3. The van der Waals surface area contributed by atoms with Crippen molar-refractivity contribution in [3.63, 3.8) is 0 Å². The molecular weight excluding hydrogens is 436 g/mol. The molecule has 4 heterocycles. The maximum absolute atomic E-state index is 13.3. The summed E-state index contributed by atoms with van der Waals surface area (Å²) < 4.78 is 12.3. The van der Waals surface area contributed by atoms with Gasteiger partial charge >= 0.3 is 0 Å². The number of rotatable bonds is 7. The second kappa shape index (κ2) is 9.04. The number of aryl methyl sites for hydroxylation is 1. The number of thioether (sulfide) groups is 1. The van der Waals surface area contributed by atoms with Crippen molar-refractivity contribution in [1.82, 2.24) is 14.3 Å². The summed E-state index contributed by atoms with van der Waals surface area (Å²) >= 11 is 6.54. The highest BCUT2D eigenvalue weighted by Crippen LogP contribution is 2.34. The number of pyridine rings is 1. The van der Waals surface area contributed by atoms with E-state index < -0.39 is 0 Å². The van der Waals surface area contributed by atoms with Crippen LogP contribution in [-0.2, 0) is 16.1 Å². The normalized spacial score (nSPS) is 15.4. The molecule has 1 N–H and O–H groups in total. The van der Waals surface area contributed by atoms with E-state index in [0.29, 0.717) is 39.6 Å². The lowest BCUT2D eigenvalue weighted by Crippen LogP contribution is -2.27. The molecule has 1 aliphatic rings. The first-order valence-corrected chi connectivity index (χ1v) is 10.7. The minimum Gasteiger partial charge on any atom is -0.467 e. The summed E-state index contributed by atoms with van der Waals surface area (Å²) in [7, 11) is 1.60. The van der Waals surface area contributed by atoms with Crippen molar-refractivity contribution in [3.05, 3.63) is 68.9 Å². The first-order chi connectivity index (χ1) is 15.0. The lowest BCUT2D eigenvalue weighted by atomic mass is 10.2. The molecule has 1 amide bonds. The third kappa shape index (κ3) is 4.41. The van der Waals surface area contributed by atoms with Crippen molar-refractivity contribution in [1.29, 1.82) is 0 Å². The number of ether oxygens (including phenoxy) is 1. The summed E-state index contributed by atoms with van der Waals surface area (Å²) in [6.07, 6.45) is 4.83. The number of furan rings is 1. The molecule has 0 saturated carbocycles. The fourth-order valence-corrected chi connectivity index (χ4v) is 4.36. The highest BCUT2D eigenvalue weighted by Gasteiger charge is 2.33. The first kappa shape index (κ1) is 21.3. The van der Waals surface area contributed by atoms with Crippen LogP contribution in [0.2, 0.25) is 0 Å². The summed E-state index contributed by atoms with van der Waals surface area (Å²) in [4.78, 5) is 32.7. The predicted molar refractivity (Wildman–Crippen MR) is 124 cm³/mol.